The summed E-state index contributed by atoms with van der Waals surface area (Å²) in [4.78, 5) is 10.9. The quantitative estimate of drug-likeness (QED) is 0.720. The van der Waals surface area contributed by atoms with Gasteiger partial charge in [-0.1, -0.05) is 18.2 Å². The van der Waals surface area contributed by atoms with E-state index in [-0.39, 0.29) is 5.82 Å². The fourth-order valence-electron chi connectivity index (χ4n) is 2.83. The number of aromatic nitrogens is 2. The minimum absolute atomic E-state index is 0.264. The number of rotatable bonds is 2. The molecule has 0 amide bonds. The molecule has 1 fully saturated rings. The molecule has 106 valence electrons. The molecule has 0 aliphatic carbocycles. The predicted molar refractivity (Wildman–Crippen MR) is 78.6 cm³/mol. The Morgan fingerprint density at radius 1 is 1.10 bits per heavy atom. The monoisotopic (exact) mass is 283 g/mol. The maximum atomic E-state index is 14.1. The largest absolute Gasteiger partial charge is 0.425 e. The average molecular weight is 283 g/mol. The second-order valence-corrected chi connectivity index (χ2v) is 5.21. The minimum Gasteiger partial charge on any atom is -0.425 e. The van der Waals surface area contributed by atoms with Crippen LogP contribution in [0.25, 0.3) is 22.4 Å². The zero-order chi connectivity index (χ0) is 14.2. The standard InChI is InChI=1S/C16H14FN3O/c17-13-6-2-1-5-11(13)12-9-14(20-7-3-4-8-20)19-16-15(12)18-10-21-16/h1-2,5-6,9-10H,3-4,7-8H2. The van der Waals surface area contributed by atoms with E-state index in [9.17, 15) is 4.39 Å². The first kappa shape index (κ1) is 12.3. The third kappa shape index (κ3) is 2.05. The van der Waals surface area contributed by atoms with Crippen LogP contribution in [-0.4, -0.2) is 23.1 Å². The van der Waals surface area contributed by atoms with Crippen molar-refractivity contribution in [3.8, 4) is 11.1 Å². The van der Waals surface area contributed by atoms with Crippen LogP contribution in [0.4, 0.5) is 10.2 Å². The highest BCUT2D eigenvalue weighted by atomic mass is 19.1. The molecule has 2 aromatic heterocycles. The van der Waals surface area contributed by atoms with Crippen LogP contribution in [0.15, 0.2) is 41.1 Å². The molecule has 0 bridgehead atoms. The minimum atomic E-state index is -0.264. The van der Waals surface area contributed by atoms with Crippen LogP contribution in [-0.2, 0) is 0 Å². The summed E-state index contributed by atoms with van der Waals surface area (Å²) < 4.78 is 19.5. The second-order valence-electron chi connectivity index (χ2n) is 5.21. The lowest BCUT2D eigenvalue weighted by atomic mass is 10.1. The summed E-state index contributed by atoms with van der Waals surface area (Å²) in [6.45, 7) is 1.95. The highest BCUT2D eigenvalue weighted by molar-refractivity contribution is 5.90. The van der Waals surface area contributed by atoms with E-state index in [1.54, 1.807) is 12.1 Å². The Bertz CT molecular complexity index is 793. The topological polar surface area (TPSA) is 42.2 Å². The van der Waals surface area contributed by atoms with Crippen molar-refractivity contribution in [3.63, 3.8) is 0 Å². The lowest BCUT2D eigenvalue weighted by Crippen LogP contribution is -2.18. The van der Waals surface area contributed by atoms with Crippen molar-refractivity contribution in [2.75, 3.05) is 18.0 Å². The van der Waals surface area contributed by atoms with Crippen LogP contribution in [0.1, 0.15) is 12.8 Å². The van der Waals surface area contributed by atoms with E-state index < -0.39 is 0 Å². The molecule has 3 heterocycles. The van der Waals surface area contributed by atoms with E-state index >= 15 is 0 Å². The van der Waals surface area contributed by atoms with Gasteiger partial charge in [0.2, 0.25) is 5.71 Å². The normalized spacial score (nSPS) is 15.0. The average Bonchev–Trinajstić information content (AvgIpc) is 3.18. The van der Waals surface area contributed by atoms with Crippen molar-refractivity contribution in [2.45, 2.75) is 12.8 Å². The van der Waals surface area contributed by atoms with Crippen molar-refractivity contribution >= 4 is 17.0 Å². The zero-order valence-electron chi connectivity index (χ0n) is 11.4. The molecule has 1 saturated heterocycles. The summed E-state index contributed by atoms with van der Waals surface area (Å²) in [7, 11) is 0. The van der Waals surface area contributed by atoms with Crippen LogP contribution in [0.5, 0.6) is 0 Å². The fourth-order valence-corrected chi connectivity index (χ4v) is 2.83. The van der Waals surface area contributed by atoms with Crippen molar-refractivity contribution in [3.05, 3.63) is 42.5 Å². The summed E-state index contributed by atoms with van der Waals surface area (Å²) >= 11 is 0. The molecule has 0 unspecified atom stereocenters. The first-order valence-corrected chi connectivity index (χ1v) is 7.07. The summed E-state index contributed by atoms with van der Waals surface area (Å²) in [6.07, 6.45) is 3.67. The van der Waals surface area contributed by atoms with Crippen molar-refractivity contribution < 1.29 is 8.81 Å². The third-order valence-corrected chi connectivity index (χ3v) is 3.89. The van der Waals surface area contributed by atoms with Crippen LogP contribution in [0.3, 0.4) is 0 Å². The summed E-state index contributed by atoms with van der Waals surface area (Å²) in [5, 5.41) is 0. The molecule has 1 aromatic carbocycles. The molecule has 0 radical (unpaired) electrons. The molecule has 0 saturated carbocycles. The molecule has 4 rings (SSSR count). The number of fused-ring (bicyclic) bond motifs is 1. The molecule has 3 aromatic rings. The molecule has 4 nitrogen and oxygen atoms in total. The van der Waals surface area contributed by atoms with Crippen LogP contribution in [0, 0.1) is 5.82 Å². The highest BCUT2D eigenvalue weighted by Crippen LogP contribution is 2.32. The van der Waals surface area contributed by atoms with Gasteiger partial charge in [-0.2, -0.15) is 4.98 Å². The Morgan fingerprint density at radius 3 is 2.71 bits per heavy atom. The van der Waals surface area contributed by atoms with E-state index in [1.165, 1.54) is 12.5 Å². The first-order valence-electron chi connectivity index (χ1n) is 7.07. The van der Waals surface area contributed by atoms with Crippen molar-refractivity contribution in [2.24, 2.45) is 0 Å². The van der Waals surface area contributed by atoms with Gasteiger partial charge in [-0.15, -0.1) is 0 Å². The van der Waals surface area contributed by atoms with Gasteiger partial charge >= 0.3 is 0 Å². The summed E-state index contributed by atoms with van der Waals surface area (Å²) in [5.74, 6) is 0.565. The Hall–Kier alpha value is -2.43. The first-order chi connectivity index (χ1) is 10.3. The van der Waals surface area contributed by atoms with Crippen LogP contribution >= 0.6 is 0 Å². The van der Waals surface area contributed by atoms with E-state index in [0.717, 1.165) is 37.3 Å². The number of halogens is 1. The molecule has 1 aliphatic heterocycles. The molecule has 0 N–H and O–H groups in total. The number of hydrogen-bond acceptors (Lipinski definition) is 4. The lowest BCUT2D eigenvalue weighted by Gasteiger charge is -2.17. The molecular formula is C16H14FN3O. The number of benzene rings is 1. The zero-order valence-corrected chi connectivity index (χ0v) is 11.4. The smallest absolute Gasteiger partial charge is 0.249 e. The molecular weight excluding hydrogens is 269 g/mol. The van der Waals surface area contributed by atoms with Gasteiger partial charge in [0.15, 0.2) is 6.39 Å². The van der Waals surface area contributed by atoms with Crippen molar-refractivity contribution in [1.82, 2.24) is 9.97 Å². The lowest BCUT2D eigenvalue weighted by molar-refractivity contribution is 0.590. The molecule has 0 atom stereocenters. The Kier molecular flexibility index (Phi) is 2.84. The number of hydrogen-bond donors (Lipinski definition) is 0. The number of pyridine rings is 1. The SMILES string of the molecule is Fc1ccccc1-c1cc(N2CCCC2)nc2ocnc12. The fraction of sp³-hybridized carbons (Fsp3) is 0.250. The van der Waals surface area contributed by atoms with Gasteiger partial charge in [-0.25, -0.2) is 9.37 Å². The van der Waals surface area contributed by atoms with Crippen molar-refractivity contribution in [1.29, 1.82) is 0 Å². The summed E-state index contributed by atoms with van der Waals surface area (Å²) in [5.41, 5.74) is 2.31. The van der Waals surface area contributed by atoms with Crippen LogP contribution in [0.2, 0.25) is 0 Å². The predicted octanol–water partition coefficient (Wildman–Crippen LogP) is 3.63. The molecule has 5 heteroatoms. The van der Waals surface area contributed by atoms with E-state index in [2.05, 4.69) is 14.9 Å². The van der Waals surface area contributed by atoms with E-state index in [0.29, 0.717) is 16.8 Å². The van der Waals surface area contributed by atoms with Gasteiger partial charge in [-0.3, -0.25) is 0 Å². The van der Waals surface area contributed by atoms with Gasteiger partial charge in [0, 0.05) is 24.2 Å². The third-order valence-electron chi connectivity index (χ3n) is 3.89. The van der Waals surface area contributed by atoms with Gasteiger partial charge in [0.05, 0.1) is 0 Å². The maximum absolute atomic E-state index is 14.1. The second kappa shape index (κ2) is 4.84. The molecule has 0 spiro atoms. The number of nitrogens with zero attached hydrogens (tertiary/aromatic N) is 3. The Balaban J connectivity index is 1.94. The molecule has 21 heavy (non-hydrogen) atoms. The number of oxazole rings is 1. The van der Waals surface area contributed by atoms with Gasteiger partial charge in [-0.05, 0) is 25.0 Å². The Labute approximate surface area is 121 Å². The van der Waals surface area contributed by atoms with Crippen LogP contribution < -0.4 is 4.90 Å². The summed E-state index contributed by atoms with van der Waals surface area (Å²) in [6, 6.07) is 8.63. The molecule has 1 aliphatic rings. The number of anilines is 1. The highest BCUT2D eigenvalue weighted by Gasteiger charge is 2.19. The maximum Gasteiger partial charge on any atom is 0.249 e. The van der Waals surface area contributed by atoms with E-state index in [1.807, 2.05) is 12.1 Å². The van der Waals surface area contributed by atoms with E-state index in [4.69, 9.17) is 4.42 Å². The Morgan fingerprint density at radius 2 is 1.90 bits per heavy atom. The van der Waals surface area contributed by atoms with Gasteiger partial charge in [0.25, 0.3) is 0 Å². The van der Waals surface area contributed by atoms with Gasteiger partial charge < -0.3 is 9.32 Å². The van der Waals surface area contributed by atoms with Gasteiger partial charge in [0.1, 0.15) is 17.2 Å².